The van der Waals surface area contributed by atoms with E-state index in [9.17, 15) is 21.2 Å². The zero-order chi connectivity index (χ0) is 15.8. The molecule has 0 spiro atoms. The van der Waals surface area contributed by atoms with E-state index in [-0.39, 0.29) is 23.8 Å². The normalized spacial score (nSPS) is 21.8. The highest BCUT2D eigenvalue weighted by molar-refractivity contribution is 7.92. The average Bonchev–Trinajstić information content (AvgIpc) is 2.77. The zero-order valence-electron chi connectivity index (χ0n) is 11.3. The van der Waals surface area contributed by atoms with Crippen LogP contribution >= 0.6 is 11.6 Å². The van der Waals surface area contributed by atoms with Gasteiger partial charge in [-0.15, -0.1) is 11.6 Å². The summed E-state index contributed by atoms with van der Waals surface area (Å²) < 4.78 is 62.6. The van der Waals surface area contributed by atoms with Crippen LogP contribution in [0.3, 0.4) is 0 Å². The standard InChI is InChI=1S/C12H15ClFNO4S2/c1-15(10-4-5-20(16,17)8-10)21(18,19)12-3-2-9(7-13)6-11(12)14/h2-3,6,10H,4-5,7-8H2,1H3. The molecule has 0 radical (unpaired) electrons. The van der Waals surface area contributed by atoms with Crippen molar-refractivity contribution in [1.29, 1.82) is 0 Å². The van der Waals surface area contributed by atoms with Gasteiger partial charge in [-0.2, -0.15) is 4.31 Å². The van der Waals surface area contributed by atoms with Crippen LogP contribution in [-0.2, 0) is 25.7 Å². The van der Waals surface area contributed by atoms with E-state index < -0.39 is 36.6 Å². The second kappa shape index (κ2) is 5.83. The number of rotatable bonds is 4. The fraction of sp³-hybridized carbons (Fsp3) is 0.500. The van der Waals surface area contributed by atoms with Crippen LogP contribution < -0.4 is 0 Å². The summed E-state index contributed by atoms with van der Waals surface area (Å²) in [5.41, 5.74) is 0.471. The van der Waals surface area contributed by atoms with Crippen LogP contribution in [0.25, 0.3) is 0 Å². The Morgan fingerprint density at radius 3 is 2.57 bits per heavy atom. The van der Waals surface area contributed by atoms with Gasteiger partial charge in [-0.1, -0.05) is 6.07 Å². The van der Waals surface area contributed by atoms with Gasteiger partial charge in [0.25, 0.3) is 0 Å². The number of alkyl halides is 1. The summed E-state index contributed by atoms with van der Waals surface area (Å²) in [7, 11) is -6.02. The predicted octanol–water partition coefficient (Wildman–Crippen LogP) is 1.37. The monoisotopic (exact) mass is 355 g/mol. The molecule has 1 saturated heterocycles. The topological polar surface area (TPSA) is 71.5 Å². The van der Waals surface area contributed by atoms with E-state index >= 15 is 0 Å². The van der Waals surface area contributed by atoms with Gasteiger partial charge < -0.3 is 0 Å². The molecular formula is C12H15ClFNO4S2. The Labute approximate surface area is 128 Å². The van der Waals surface area contributed by atoms with E-state index in [1.165, 1.54) is 13.1 Å². The molecule has 1 aliphatic heterocycles. The van der Waals surface area contributed by atoms with Crippen molar-refractivity contribution in [3.8, 4) is 0 Å². The predicted molar refractivity (Wildman–Crippen MR) is 78.0 cm³/mol. The Morgan fingerprint density at radius 2 is 2.10 bits per heavy atom. The first-order valence-electron chi connectivity index (χ1n) is 6.20. The minimum atomic E-state index is -4.08. The van der Waals surface area contributed by atoms with Gasteiger partial charge >= 0.3 is 0 Å². The smallest absolute Gasteiger partial charge is 0.229 e. The maximum atomic E-state index is 13.9. The van der Waals surface area contributed by atoms with Crippen LogP contribution in [0.15, 0.2) is 23.1 Å². The molecule has 0 amide bonds. The third kappa shape index (κ3) is 3.39. The highest BCUT2D eigenvalue weighted by Crippen LogP contribution is 2.25. The van der Waals surface area contributed by atoms with Crippen LogP contribution in [0.1, 0.15) is 12.0 Å². The van der Waals surface area contributed by atoms with Crippen LogP contribution in [0.2, 0.25) is 0 Å². The summed E-state index contributed by atoms with van der Waals surface area (Å²) in [4.78, 5) is -0.469. The molecular weight excluding hydrogens is 341 g/mol. The van der Waals surface area contributed by atoms with Crippen molar-refractivity contribution >= 4 is 31.5 Å². The number of halogens is 2. The van der Waals surface area contributed by atoms with Gasteiger partial charge in [0, 0.05) is 19.0 Å². The second-order valence-electron chi connectivity index (χ2n) is 4.98. The van der Waals surface area contributed by atoms with Crippen molar-refractivity contribution in [2.24, 2.45) is 0 Å². The highest BCUT2D eigenvalue weighted by Gasteiger charge is 2.37. The lowest BCUT2D eigenvalue weighted by Gasteiger charge is -2.23. The Kier molecular flexibility index (Phi) is 4.63. The Morgan fingerprint density at radius 1 is 1.43 bits per heavy atom. The van der Waals surface area contributed by atoms with E-state index in [2.05, 4.69) is 0 Å². The van der Waals surface area contributed by atoms with Crippen molar-refractivity contribution < 1.29 is 21.2 Å². The average molecular weight is 356 g/mol. The van der Waals surface area contributed by atoms with Gasteiger partial charge in [-0.05, 0) is 24.1 Å². The quantitative estimate of drug-likeness (QED) is 0.765. The molecule has 5 nitrogen and oxygen atoms in total. The molecule has 1 heterocycles. The van der Waals surface area contributed by atoms with Crippen molar-refractivity contribution in [2.75, 3.05) is 18.6 Å². The molecule has 0 N–H and O–H groups in total. The lowest BCUT2D eigenvalue weighted by Crippen LogP contribution is -2.38. The second-order valence-corrected chi connectivity index (χ2v) is 9.44. The molecule has 0 saturated carbocycles. The Hall–Kier alpha value is -0.700. The van der Waals surface area contributed by atoms with Crippen LogP contribution in [0.5, 0.6) is 0 Å². The molecule has 1 atom stereocenters. The van der Waals surface area contributed by atoms with Gasteiger partial charge in [-0.25, -0.2) is 21.2 Å². The third-order valence-electron chi connectivity index (χ3n) is 3.53. The van der Waals surface area contributed by atoms with Gasteiger partial charge in [0.1, 0.15) is 10.7 Å². The lowest BCUT2D eigenvalue weighted by atomic mass is 10.2. The molecule has 21 heavy (non-hydrogen) atoms. The van der Waals surface area contributed by atoms with Crippen molar-refractivity contribution in [2.45, 2.75) is 23.2 Å². The van der Waals surface area contributed by atoms with Gasteiger partial charge in [0.2, 0.25) is 10.0 Å². The number of sulfone groups is 1. The summed E-state index contributed by atoms with van der Waals surface area (Å²) >= 11 is 5.57. The first kappa shape index (κ1) is 16.7. The molecule has 1 fully saturated rings. The van der Waals surface area contributed by atoms with E-state index in [1.54, 1.807) is 0 Å². The molecule has 1 aromatic carbocycles. The lowest BCUT2D eigenvalue weighted by molar-refractivity contribution is 0.391. The first-order chi connectivity index (χ1) is 9.67. The molecule has 0 aliphatic carbocycles. The van der Waals surface area contributed by atoms with Crippen LogP contribution in [0, 0.1) is 5.82 Å². The summed E-state index contributed by atoms with van der Waals surface area (Å²) in [6, 6.07) is 3.00. The molecule has 1 aliphatic rings. The molecule has 2 rings (SSSR count). The maximum absolute atomic E-state index is 13.9. The SMILES string of the molecule is CN(C1CCS(=O)(=O)C1)S(=O)(=O)c1ccc(CCl)cc1F. The van der Waals surface area contributed by atoms with Crippen molar-refractivity contribution in [3.05, 3.63) is 29.6 Å². The summed E-state index contributed by atoms with van der Waals surface area (Å²) in [5, 5.41) is 0. The van der Waals surface area contributed by atoms with Crippen molar-refractivity contribution in [3.63, 3.8) is 0 Å². The Balaban J connectivity index is 2.34. The molecule has 1 unspecified atom stereocenters. The largest absolute Gasteiger partial charge is 0.246 e. The van der Waals surface area contributed by atoms with E-state index in [1.807, 2.05) is 0 Å². The van der Waals surface area contributed by atoms with E-state index in [4.69, 9.17) is 11.6 Å². The third-order valence-corrected chi connectivity index (χ3v) is 7.53. The molecule has 0 aromatic heterocycles. The van der Waals surface area contributed by atoms with Gasteiger partial charge in [0.05, 0.1) is 11.5 Å². The van der Waals surface area contributed by atoms with Crippen LogP contribution in [-0.4, -0.2) is 45.7 Å². The molecule has 1 aromatic rings. The first-order valence-corrected chi connectivity index (χ1v) is 10.00. The van der Waals surface area contributed by atoms with Gasteiger partial charge in [0.15, 0.2) is 9.84 Å². The fourth-order valence-corrected chi connectivity index (χ4v) is 5.71. The molecule has 9 heteroatoms. The molecule has 118 valence electrons. The number of hydrogen-bond donors (Lipinski definition) is 0. The minimum absolute atomic E-state index is 0.0504. The van der Waals surface area contributed by atoms with Crippen molar-refractivity contribution in [1.82, 2.24) is 4.31 Å². The highest BCUT2D eigenvalue weighted by atomic mass is 35.5. The Bertz CT molecular complexity index is 749. The minimum Gasteiger partial charge on any atom is -0.229 e. The number of hydrogen-bond acceptors (Lipinski definition) is 4. The number of benzene rings is 1. The maximum Gasteiger partial charge on any atom is 0.246 e. The van der Waals surface area contributed by atoms with Crippen LogP contribution in [0.4, 0.5) is 4.39 Å². The molecule has 0 bridgehead atoms. The zero-order valence-corrected chi connectivity index (χ0v) is 13.7. The number of sulfonamides is 1. The van der Waals surface area contributed by atoms with E-state index in [0.717, 1.165) is 16.4 Å². The summed E-state index contributed by atoms with van der Waals surface area (Å²) in [5.74, 6) is -1.09. The number of nitrogens with zero attached hydrogens (tertiary/aromatic N) is 1. The fourth-order valence-electron chi connectivity index (χ4n) is 2.25. The summed E-state index contributed by atoms with van der Waals surface area (Å²) in [6.07, 6.45) is 0.222. The van der Waals surface area contributed by atoms with E-state index in [0.29, 0.717) is 5.56 Å². The summed E-state index contributed by atoms with van der Waals surface area (Å²) in [6.45, 7) is 0. The van der Waals surface area contributed by atoms with Gasteiger partial charge in [-0.3, -0.25) is 0 Å².